The van der Waals surface area contributed by atoms with E-state index in [0.717, 1.165) is 48.2 Å². The van der Waals surface area contributed by atoms with Gasteiger partial charge in [-0.15, -0.1) is 34.2 Å². The zero-order chi connectivity index (χ0) is 21.7. The predicted octanol–water partition coefficient (Wildman–Crippen LogP) is 2.50. The minimum Gasteiger partial charge on any atom is -0.493 e. The van der Waals surface area contributed by atoms with E-state index in [1.54, 1.807) is 7.11 Å². The molecule has 0 saturated carbocycles. The molecule has 1 atom stereocenters. The molecular weight excluding hydrogens is 523 g/mol. The van der Waals surface area contributed by atoms with Crippen LogP contribution in [0.3, 0.4) is 0 Å². The molecule has 1 aromatic carbocycles. The fourth-order valence-corrected chi connectivity index (χ4v) is 3.99. The van der Waals surface area contributed by atoms with E-state index in [1.165, 1.54) is 0 Å². The van der Waals surface area contributed by atoms with Crippen LogP contribution in [0.2, 0.25) is 0 Å². The third kappa shape index (κ3) is 5.70. The molecule has 4 rings (SSSR count). The largest absolute Gasteiger partial charge is 0.493 e. The molecule has 1 fully saturated rings. The molecule has 3 heterocycles. The van der Waals surface area contributed by atoms with E-state index in [4.69, 9.17) is 19.2 Å². The lowest BCUT2D eigenvalue weighted by Crippen LogP contribution is -2.51. The van der Waals surface area contributed by atoms with E-state index in [2.05, 4.69) is 26.9 Å². The van der Waals surface area contributed by atoms with Crippen LogP contribution in [0, 0.1) is 6.92 Å². The van der Waals surface area contributed by atoms with Gasteiger partial charge in [-0.25, -0.2) is 4.99 Å². The Labute approximate surface area is 206 Å². The Morgan fingerprint density at radius 3 is 2.75 bits per heavy atom. The molecule has 1 saturated heterocycles. The number of hydrogen-bond acceptors (Lipinski definition) is 6. The summed E-state index contributed by atoms with van der Waals surface area (Å²) in [5.41, 5.74) is 0.889. The number of guanidine groups is 1. The number of rotatable bonds is 6. The topological polar surface area (TPSA) is 94.8 Å². The summed E-state index contributed by atoms with van der Waals surface area (Å²) < 4.78 is 19.2. The van der Waals surface area contributed by atoms with Gasteiger partial charge >= 0.3 is 0 Å². The van der Waals surface area contributed by atoms with Crippen LogP contribution in [0.4, 0.5) is 0 Å². The predicted molar refractivity (Wildman–Crippen MR) is 133 cm³/mol. The molecule has 2 N–H and O–H groups in total. The van der Waals surface area contributed by atoms with Crippen molar-refractivity contribution in [2.75, 3.05) is 33.5 Å². The Kier molecular flexibility index (Phi) is 8.72. The van der Waals surface area contributed by atoms with Gasteiger partial charge in [0.2, 0.25) is 0 Å². The van der Waals surface area contributed by atoms with E-state index in [9.17, 15) is 0 Å². The summed E-state index contributed by atoms with van der Waals surface area (Å²) >= 11 is 0. The Morgan fingerprint density at radius 1 is 1.25 bits per heavy atom. The van der Waals surface area contributed by atoms with E-state index < -0.39 is 0 Å². The highest BCUT2D eigenvalue weighted by atomic mass is 127. The second-order valence-electron chi connectivity index (χ2n) is 8.11. The van der Waals surface area contributed by atoms with Crippen LogP contribution in [0.25, 0.3) is 0 Å². The maximum Gasteiger partial charge on any atom is 0.192 e. The molecule has 1 aromatic heterocycles. The Morgan fingerprint density at radius 2 is 2.03 bits per heavy atom. The van der Waals surface area contributed by atoms with Gasteiger partial charge < -0.3 is 29.4 Å². The van der Waals surface area contributed by atoms with Gasteiger partial charge in [-0.2, -0.15) is 0 Å². The molecule has 10 heteroatoms. The van der Waals surface area contributed by atoms with Crippen molar-refractivity contribution >= 4 is 29.9 Å². The van der Waals surface area contributed by atoms with Gasteiger partial charge in [0, 0.05) is 58.7 Å². The van der Waals surface area contributed by atoms with Gasteiger partial charge in [0.15, 0.2) is 11.8 Å². The lowest BCUT2D eigenvalue weighted by Gasteiger charge is -2.37. The molecule has 32 heavy (non-hydrogen) atoms. The normalized spacial score (nSPS) is 20.0. The lowest BCUT2D eigenvalue weighted by atomic mass is 9.94. The zero-order valence-electron chi connectivity index (χ0n) is 19.0. The summed E-state index contributed by atoms with van der Waals surface area (Å²) in [4.78, 5) is 4.83. The third-order valence-corrected chi connectivity index (χ3v) is 6.25. The molecule has 0 spiro atoms. The summed E-state index contributed by atoms with van der Waals surface area (Å²) in [6.07, 6.45) is 2.57. The van der Waals surface area contributed by atoms with Crippen molar-refractivity contribution in [2.45, 2.75) is 44.4 Å². The number of aliphatic imine (C=N–C) groups is 1. The average molecular weight is 556 g/mol. The van der Waals surface area contributed by atoms with E-state index >= 15 is 0 Å². The molecule has 2 aliphatic heterocycles. The summed E-state index contributed by atoms with van der Waals surface area (Å²) in [7, 11) is 3.73. The quantitative estimate of drug-likeness (QED) is 0.321. The van der Waals surface area contributed by atoms with Crippen molar-refractivity contribution in [1.82, 2.24) is 25.4 Å². The number of fused-ring (bicyclic) bond motifs is 1. The summed E-state index contributed by atoms with van der Waals surface area (Å²) in [5, 5.41) is 15.5. The number of nitrogens with zero attached hydrogens (tertiary/aromatic N) is 4. The maximum absolute atomic E-state index is 5.89. The molecule has 0 radical (unpaired) electrons. The Bertz CT molecular complexity index is 913. The molecule has 0 aliphatic carbocycles. The number of nitrogens with one attached hydrogen (secondary N) is 2. The van der Waals surface area contributed by atoms with Crippen molar-refractivity contribution in [3.8, 4) is 5.75 Å². The fourth-order valence-electron chi connectivity index (χ4n) is 3.99. The Balaban J connectivity index is 0.00000289. The first kappa shape index (κ1) is 24.7. The van der Waals surface area contributed by atoms with E-state index in [1.807, 2.05) is 36.7 Å². The van der Waals surface area contributed by atoms with Crippen LogP contribution in [-0.4, -0.2) is 59.8 Å². The van der Waals surface area contributed by atoms with Gasteiger partial charge in [-0.3, -0.25) is 0 Å². The van der Waals surface area contributed by atoms with Crippen LogP contribution < -0.4 is 15.4 Å². The smallest absolute Gasteiger partial charge is 0.192 e. The fraction of sp³-hybridized carbons (Fsp3) is 0.591. The highest BCUT2D eigenvalue weighted by Crippen LogP contribution is 2.31. The molecule has 0 amide bonds. The maximum atomic E-state index is 5.89. The van der Waals surface area contributed by atoms with E-state index in [0.29, 0.717) is 32.9 Å². The summed E-state index contributed by atoms with van der Waals surface area (Å²) in [6.45, 7) is 5.11. The third-order valence-electron chi connectivity index (χ3n) is 6.25. The molecule has 1 unspecified atom stereocenters. The molecular formula is C22H33IN6O3. The number of methoxy groups -OCH3 is 1. The van der Waals surface area contributed by atoms with Crippen LogP contribution in [0.1, 0.15) is 42.5 Å². The second kappa shape index (κ2) is 11.3. The van der Waals surface area contributed by atoms with Crippen LogP contribution in [0.5, 0.6) is 5.75 Å². The number of aromatic nitrogens is 3. The molecule has 0 bridgehead atoms. The van der Waals surface area contributed by atoms with Crippen molar-refractivity contribution in [3.63, 3.8) is 0 Å². The minimum atomic E-state index is -0.254. The first-order valence-electron chi connectivity index (χ1n) is 10.8. The number of hydrogen-bond donors (Lipinski definition) is 2. The van der Waals surface area contributed by atoms with Gasteiger partial charge in [-0.1, -0.05) is 18.2 Å². The first-order valence-corrected chi connectivity index (χ1v) is 10.8. The number of para-hydroxylation sites is 1. The minimum absolute atomic E-state index is 0. The lowest BCUT2D eigenvalue weighted by molar-refractivity contribution is -0.0855. The van der Waals surface area contributed by atoms with Crippen molar-refractivity contribution in [2.24, 2.45) is 12.0 Å². The van der Waals surface area contributed by atoms with Crippen LogP contribution in [-0.2, 0) is 23.1 Å². The average Bonchev–Trinajstić information content (AvgIpc) is 3.14. The first-order chi connectivity index (χ1) is 15.1. The number of ether oxygens (including phenoxy) is 3. The van der Waals surface area contributed by atoms with Crippen molar-refractivity contribution < 1.29 is 14.2 Å². The van der Waals surface area contributed by atoms with Crippen molar-refractivity contribution in [1.29, 1.82) is 0 Å². The van der Waals surface area contributed by atoms with Crippen LogP contribution >= 0.6 is 24.0 Å². The summed E-state index contributed by atoms with van der Waals surface area (Å²) in [5.74, 6) is 3.34. The van der Waals surface area contributed by atoms with Gasteiger partial charge in [-0.05, 0) is 13.0 Å². The van der Waals surface area contributed by atoms with Crippen molar-refractivity contribution in [3.05, 3.63) is 41.5 Å². The van der Waals surface area contributed by atoms with Crippen LogP contribution in [0.15, 0.2) is 29.3 Å². The molecule has 9 nitrogen and oxygen atoms in total. The molecule has 2 aromatic rings. The highest BCUT2D eigenvalue weighted by Gasteiger charge is 2.33. The monoisotopic (exact) mass is 556 g/mol. The van der Waals surface area contributed by atoms with Gasteiger partial charge in [0.05, 0.1) is 18.2 Å². The van der Waals surface area contributed by atoms with E-state index in [-0.39, 0.29) is 35.6 Å². The molecule has 176 valence electrons. The highest BCUT2D eigenvalue weighted by molar-refractivity contribution is 14.0. The summed E-state index contributed by atoms with van der Waals surface area (Å²) in [6, 6.07) is 8.27. The number of halogens is 1. The molecule has 2 aliphatic rings. The zero-order valence-corrected chi connectivity index (χ0v) is 21.3. The standard InChI is InChI=1S/C22H32N6O3.HI/c1-16-26-27-20(28(16)2)14-23-21(24-15-22(29-3)9-12-30-13-10-22)25-18-8-11-31-19-7-5-4-6-17(18)19;/h4-7,18H,8-15H2,1-3H3,(H2,23,24,25);1H. The van der Waals surface area contributed by atoms with Gasteiger partial charge in [0.1, 0.15) is 18.1 Å². The van der Waals surface area contributed by atoms with Gasteiger partial charge in [0.25, 0.3) is 0 Å². The SMILES string of the molecule is COC1(CNC(=NCc2nnc(C)n2C)NC2CCOc3ccccc32)CCOCC1.I. The number of benzene rings is 1. The Hall–Kier alpha value is -1.92. The number of aryl methyl sites for hydroxylation is 1. The second-order valence-corrected chi connectivity index (χ2v) is 8.11.